The van der Waals surface area contributed by atoms with Gasteiger partial charge in [0.25, 0.3) is 0 Å². The second-order valence-corrected chi connectivity index (χ2v) is 5.17. The molecule has 7 heteroatoms. The number of nitrogens with one attached hydrogen (secondary N) is 3. The predicted molar refractivity (Wildman–Crippen MR) is 78.3 cm³/mol. The normalized spacial score (nSPS) is 21.6. The van der Waals surface area contributed by atoms with Crippen LogP contribution in [0.25, 0.3) is 11.1 Å². The second kappa shape index (κ2) is 5.30. The standard InChI is InChI=1S/C13H15N3O3.ClH/c1-13(4-5-14-7-13)11(17)15-8-2-3-10-9(6-8)16-12(18)19-10;/h2-3,6,14H,4-5,7H2,1H3,(H,15,17)(H,16,18);1H. The van der Waals surface area contributed by atoms with Crippen LogP contribution in [-0.2, 0) is 4.79 Å². The maximum atomic E-state index is 12.2. The third kappa shape index (κ3) is 2.57. The monoisotopic (exact) mass is 297 g/mol. The number of aromatic nitrogens is 1. The lowest BCUT2D eigenvalue weighted by Gasteiger charge is -2.21. The Labute approximate surface area is 121 Å². The fourth-order valence-electron chi connectivity index (χ4n) is 2.32. The molecule has 1 aliphatic rings. The van der Waals surface area contributed by atoms with Crippen LogP contribution in [0.15, 0.2) is 27.4 Å². The van der Waals surface area contributed by atoms with E-state index >= 15 is 0 Å². The predicted octanol–water partition coefficient (Wildman–Crippen LogP) is 1.48. The van der Waals surface area contributed by atoms with E-state index in [-0.39, 0.29) is 23.7 Å². The molecule has 2 aromatic rings. The zero-order valence-corrected chi connectivity index (χ0v) is 11.8. The molecule has 0 bridgehead atoms. The van der Waals surface area contributed by atoms with E-state index in [2.05, 4.69) is 15.6 Å². The molecule has 3 N–H and O–H groups in total. The van der Waals surface area contributed by atoms with Gasteiger partial charge in [0.15, 0.2) is 5.58 Å². The average Bonchev–Trinajstić information content (AvgIpc) is 2.95. The number of amides is 1. The number of hydrogen-bond donors (Lipinski definition) is 3. The summed E-state index contributed by atoms with van der Waals surface area (Å²) in [5.41, 5.74) is 1.34. The van der Waals surface area contributed by atoms with Crippen molar-refractivity contribution in [2.75, 3.05) is 18.4 Å². The zero-order valence-electron chi connectivity index (χ0n) is 11.0. The number of carbonyl (C=O) groups is 1. The van der Waals surface area contributed by atoms with Crippen molar-refractivity contribution in [3.05, 3.63) is 28.7 Å². The van der Waals surface area contributed by atoms with Gasteiger partial charge in [-0.15, -0.1) is 12.4 Å². The van der Waals surface area contributed by atoms with Gasteiger partial charge in [0.05, 0.1) is 10.9 Å². The highest BCUT2D eigenvalue weighted by Gasteiger charge is 2.36. The van der Waals surface area contributed by atoms with E-state index in [1.54, 1.807) is 18.2 Å². The van der Waals surface area contributed by atoms with Crippen LogP contribution in [-0.4, -0.2) is 24.0 Å². The number of halogens is 1. The molecule has 20 heavy (non-hydrogen) atoms. The Balaban J connectivity index is 0.00000147. The van der Waals surface area contributed by atoms with Crippen LogP contribution >= 0.6 is 12.4 Å². The first kappa shape index (κ1) is 14.6. The van der Waals surface area contributed by atoms with E-state index in [1.165, 1.54) is 0 Å². The van der Waals surface area contributed by atoms with Crippen molar-refractivity contribution in [3.8, 4) is 0 Å². The first-order valence-electron chi connectivity index (χ1n) is 6.22. The van der Waals surface area contributed by atoms with E-state index in [0.29, 0.717) is 23.3 Å². The van der Waals surface area contributed by atoms with Crippen molar-refractivity contribution >= 4 is 35.1 Å². The number of H-pyrrole nitrogens is 1. The van der Waals surface area contributed by atoms with E-state index < -0.39 is 5.76 Å². The number of fused-ring (bicyclic) bond motifs is 1. The van der Waals surface area contributed by atoms with E-state index in [1.807, 2.05) is 6.92 Å². The highest BCUT2D eigenvalue weighted by atomic mass is 35.5. The molecule has 1 unspecified atom stereocenters. The van der Waals surface area contributed by atoms with Crippen LogP contribution < -0.4 is 16.4 Å². The maximum Gasteiger partial charge on any atom is 0.417 e. The van der Waals surface area contributed by atoms with Gasteiger partial charge in [0, 0.05) is 12.2 Å². The molecule has 2 heterocycles. The Morgan fingerprint density at radius 2 is 2.25 bits per heavy atom. The summed E-state index contributed by atoms with van der Waals surface area (Å²) in [6.07, 6.45) is 0.823. The molecule has 1 aliphatic heterocycles. The van der Waals surface area contributed by atoms with E-state index in [9.17, 15) is 9.59 Å². The van der Waals surface area contributed by atoms with Crippen LogP contribution in [0.1, 0.15) is 13.3 Å². The lowest BCUT2D eigenvalue weighted by molar-refractivity contribution is -0.123. The Hall–Kier alpha value is -1.79. The van der Waals surface area contributed by atoms with Gasteiger partial charge >= 0.3 is 5.76 Å². The van der Waals surface area contributed by atoms with Crippen molar-refractivity contribution in [3.63, 3.8) is 0 Å². The molecular formula is C13H16ClN3O3. The number of aromatic amines is 1. The molecule has 1 atom stereocenters. The van der Waals surface area contributed by atoms with Crippen molar-refractivity contribution in [1.29, 1.82) is 0 Å². The number of anilines is 1. The van der Waals surface area contributed by atoms with Gasteiger partial charge in [-0.1, -0.05) is 0 Å². The fraction of sp³-hybridized carbons (Fsp3) is 0.385. The lowest BCUT2D eigenvalue weighted by atomic mass is 9.89. The molecule has 1 aromatic carbocycles. The highest BCUT2D eigenvalue weighted by Crippen LogP contribution is 2.27. The van der Waals surface area contributed by atoms with Crippen molar-refractivity contribution in [2.45, 2.75) is 13.3 Å². The molecule has 1 saturated heterocycles. The second-order valence-electron chi connectivity index (χ2n) is 5.17. The SMILES string of the molecule is CC1(C(=O)Nc2ccc3oc(=O)[nH]c3c2)CCNC1.Cl. The van der Waals surface area contributed by atoms with Gasteiger partial charge in [-0.3, -0.25) is 9.78 Å². The first-order chi connectivity index (χ1) is 9.07. The van der Waals surface area contributed by atoms with Crippen molar-refractivity contribution in [2.24, 2.45) is 5.41 Å². The summed E-state index contributed by atoms with van der Waals surface area (Å²) in [6, 6.07) is 5.09. The average molecular weight is 298 g/mol. The maximum absolute atomic E-state index is 12.2. The number of carbonyl (C=O) groups excluding carboxylic acids is 1. The molecule has 108 valence electrons. The number of benzene rings is 1. The first-order valence-corrected chi connectivity index (χ1v) is 6.22. The van der Waals surface area contributed by atoms with E-state index in [4.69, 9.17) is 4.42 Å². The van der Waals surface area contributed by atoms with Crippen molar-refractivity contribution < 1.29 is 9.21 Å². The highest BCUT2D eigenvalue weighted by molar-refractivity contribution is 5.96. The van der Waals surface area contributed by atoms with Gasteiger partial charge in [-0.2, -0.15) is 0 Å². The van der Waals surface area contributed by atoms with Gasteiger partial charge in [-0.25, -0.2) is 4.79 Å². The summed E-state index contributed by atoms with van der Waals surface area (Å²) in [5.74, 6) is -0.506. The number of rotatable bonds is 2. The van der Waals surface area contributed by atoms with Crippen LogP contribution in [0.4, 0.5) is 5.69 Å². The quantitative estimate of drug-likeness (QED) is 0.783. The Morgan fingerprint density at radius 3 is 2.95 bits per heavy atom. The van der Waals surface area contributed by atoms with Crippen LogP contribution in [0.3, 0.4) is 0 Å². The Bertz CT molecular complexity index is 685. The molecule has 0 aliphatic carbocycles. The Kier molecular flexibility index (Phi) is 3.87. The summed E-state index contributed by atoms with van der Waals surface area (Å²) in [5, 5.41) is 6.07. The summed E-state index contributed by atoms with van der Waals surface area (Å²) in [7, 11) is 0. The molecule has 3 rings (SSSR count). The van der Waals surface area contributed by atoms with Crippen LogP contribution in [0, 0.1) is 5.41 Å². The summed E-state index contributed by atoms with van der Waals surface area (Å²) in [6.45, 7) is 3.49. The van der Waals surface area contributed by atoms with Crippen LogP contribution in [0.2, 0.25) is 0 Å². The lowest BCUT2D eigenvalue weighted by Crippen LogP contribution is -2.35. The smallest absolute Gasteiger partial charge is 0.408 e. The summed E-state index contributed by atoms with van der Waals surface area (Å²) in [4.78, 5) is 25.9. The minimum absolute atomic E-state index is 0. The van der Waals surface area contributed by atoms with Crippen LogP contribution in [0.5, 0.6) is 0 Å². The molecular weight excluding hydrogens is 282 g/mol. The molecule has 0 radical (unpaired) electrons. The van der Waals surface area contributed by atoms with E-state index in [0.717, 1.165) is 13.0 Å². The third-order valence-corrected chi connectivity index (χ3v) is 3.59. The van der Waals surface area contributed by atoms with Gasteiger partial charge in [0.1, 0.15) is 0 Å². The third-order valence-electron chi connectivity index (χ3n) is 3.59. The van der Waals surface area contributed by atoms with Crippen molar-refractivity contribution in [1.82, 2.24) is 10.3 Å². The molecule has 0 spiro atoms. The summed E-state index contributed by atoms with van der Waals surface area (Å²) >= 11 is 0. The topological polar surface area (TPSA) is 87.1 Å². The molecule has 1 fully saturated rings. The van der Waals surface area contributed by atoms with Gasteiger partial charge < -0.3 is 15.1 Å². The number of hydrogen-bond acceptors (Lipinski definition) is 4. The number of oxazole rings is 1. The zero-order chi connectivity index (χ0) is 13.5. The summed E-state index contributed by atoms with van der Waals surface area (Å²) < 4.78 is 4.91. The Morgan fingerprint density at radius 1 is 1.45 bits per heavy atom. The molecule has 6 nitrogen and oxygen atoms in total. The fourth-order valence-corrected chi connectivity index (χ4v) is 2.32. The van der Waals surface area contributed by atoms with Gasteiger partial charge in [-0.05, 0) is 38.1 Å². The largest absolute Gasteiger partial charge is 0.417 e. The minimum Gasteiger partial charge on any atom is -0.408 e. The van der Waals surface area contributed by atoms with Gasteiger partial charge in [0.2, 0.25) is 5.91 Å². The minimum atomic E-state index is -0.495. The molecule has 1 amide bonds. The molecule has 1 aromatic heterocycles. The molecule has 0 saturated carbocycles.